The van der Waals surface area contributed by atoms with Crippen molar-refractivity contribution in [3.63, 3.8) is 0 Å². The molecule has 1 nitrogen and oxygen atoms in total. The van der Waals surface area contributed by atoms with Gasteiger partial charge in [0.15, 0.2) is 0 Å². The summed E-state index contributed by atoms with van der Waals surface area (Å²) in [5.41, 5.74) is 0. The fourth-order valence-corrected chi connectivity index (χ4v) is 3.29. The summed E-state index contributed by atoms with van der Waals surface area (Å²) in [5, 5.41) is 0. The van der Waals surface area contributed by atoms with Gasteiger partial charge in [0.1, 0.15) is 0 Å². The van der Waals surface area contributed by atoms with Gasteiger partial charge in [-0.2, -0.15) is 0 Å². The summed E-state index contributed by atoms with van der Waals surface area (Å²) in [6, 6.07) is 1.50. The van der Waals surface area contributed by atoms with E-state index in [1.54, 1.807) is 0 Å². The van der Waals surface area contributed by atoms with E-state index in [0.29, 0.717) is 12.2 Å². The van der Waals surface area contributed by atoms with Crippen molar-refractivity contribution in [1.82, 2.24) is 0 Å². The first-order valence-corrected chi connectivity index (χ1v) is 7.97. The average Bonchev–Trinajstić information content (AvgIpc) is 2.95. The lowest BCUT2D eigenvalue weighted by molar-refractivity contribution is 0.343. The summed E-state index contributed by atoms with van der Waals surface area (Å²) in [4.78, 5) is 0. The average molecular weight is 212 g/mol. The van der Waals surface area contributed by atoms with Gasteiger partial charge in [0.05, 0.1) is 12.2 Å². The van der Waals surface area contributed by atoms with Crippen LogP contribution in [-0.2, 0) is 4.74 Å². The maximum Gasteiger partial charge on any atom is 0.0844 e. The van der Waals surface area contributed by atoms with Crippen molar-refractivity contribution in [3.05, 3.63) is 0 Å². The van der Waals surface area contributed by atoms with E-state index in [4.69, 9.17) is 4.74 Å². The first-order chi connectivity index (χ1) is 6.90. The summed E-state index contributed by atoms with van der Waals surface area (Å²) in [6.07, 6.45) is 13.0. The van der Waals surface area contributed by atoms with Crippen molar-refractivity contribution in [2.24, 2.45) is 5.92 Å². The first-order valence-electron chi connectivity index (χ1n) is 6.55. The van der Waals surface area contributed by atoms with E-state index < -0.39 is 0 Å². The Kier molecular flexibility index (Phi) is 4.06. The minimum atomic E-state index is 0.690. The largest absolute Gasteiger partial charge is 0.370 e. The number of hydrogen-bond acceptors (Lipinski definition) is 1. The summed E-state index contributed by atoms with van der Waals surface area (Å²) in [7, 11) is 1.40. The fourth-order valence-electron chi connectivity index (χ4n) is 2.79. The molecular weight excluding hydrogens is 188 g/mol. The lowest BCUT2D eigenvalue weighted by Gasteiger charge is -2.18. The van der Waals surface area contributed by atoms with Gasteiger partial charge in [-0.25, -0.2) is 0 Å². The Bertz CT molecular complexity index is 172. The van der Waals surface area contributed by atoms with E-state index in [0.717, 1.165) is 5.92 Å². The van der Waals surface area contributed by atoms with Gasteiger partial charge in [0.25, 0.3) is 0 Å². The molecular formula is C12H24OSi. The molecule has 1 saturated heterocycles. The van der Waals surface area contributed by atoms with Crippen LogP contribution in [0.2, 0.25) is 6.04 Å². The van der Waals surface area contributed by atoms with Crippen LogP contribution in [0.15, 0.2) is 0 Å². The highest BCUT2D eigenvalue weighted by Crippen LogP contribution is 2.41. The highest BCUT2D eigenvalue weighted by atomic mass is 28.1. The summed E-state index contributed by atoms with van der Waals surface area (Å²) >= 11 is 0. The molecule has 0 radical (unpaired) electrons. The van der Waals surface area contributed by atoms with Gasteiger partial charge in [-0.15, -0.1) is 0 Å². The molecule has 0 spiro atoms. The molecule has 1 aliphatic heterocycles. The van der Waals surface area contributed by atoms with E-state index in [-0.39, 0.29) is 0 Å². The van der Waals surface area contributed by atoms with Crippen molar-refractivity contribution < 1.29 is 4.74 Å². The molecule has 0 bridgehead atoms. The molecule has 1 saturated carbocycles. The molecule has 0 amide bonds. The Morgan fingerprint density at radius 1 is 1.00 bits per heavy atom. The van der Waals surface area contributed by atoms with Gasteiger partial charge in [0.2, 0.25) is 0 Å². The molecule has 1 heterocycles. The summed E-state index contributed by atoms with van der Waals surface area (Å²) in [6.45, 7) is 0. The van der Waals surface area contributed by atoms with Crippen molar-refractivity contribution >= 4 is 10.2 Å². The maximum absolute atomic E-state index is 5.56. The normalized spacial score (nSPS) is 35.6. The second-order valence-electron chi connectivity index (χ2n) is 5.09. The number of hydrogen-bond donors (Lipinski definition) is 0. The van der Waals surface area contributed by atoms with Gasteiger partial charge >= 0.3 is 0 Å². The summed E-state index contributed by atoms with van der Waals surface area (Å²) < 4.78 is 5.56. The Hall–Kier alpha value is 0.177. The molecule has 2 rings (SSSR count). The zero-order valence-electron chi connectivity index (χ0n) is 9.50. The van der Waals surface area contributed by atoms with Crippen LogP contribution >= 0.6 is 0 Å². The Labute approximate surface area is 91.0 Å². The second-order valence-corrected chi connectivity index (χ2v) is 6.09. The Morgan fingerprint density at radius 3 is 2.64 bits per heavy atom. The highest BCUT2D eigenvalue weighted by Gasteiger charge is 2.43. The third-order valence-electron chi connectivity index (χ3n) is 3.83. The van der Waals surface area contributed by atoms with Crippen LogP contribution in [0.1, 0.15) is 51.4 Å². The molecule has 14 heavy (non-hydrogen) atoms. The van der Waals surface area contributed by atoms with E-state index in [1.165, 1.54) is 67.7 Å². The second kappa shape index (κ2) is 5.31. The smallest absolute Gasteiger partial charge is 0.0844 e. The Balaban J connectivity index is 1.48. The van der Waals surface area contributed by atoms with E-state index in [2.05, 4.69) is 0 Å². The maximum atomic E-state index is 5.56. The monoisotopic (exact) mass is 212 g/mol. The lowest BCUT2D eigenvalue weighted by Crippen LogP contribution is -2.13. The number of ether oxygens (including phenoxy) is 1. The number of unbranched alkanes of at least 4 members (excludes halogenated alkanes) is 3. The minimum Gasteiger partial charge on any atom is -0.370 e. The van der Waals surface area contributed by atoms with E-state index >= 15 is 0 Å². The quantitative estimate of drug-likeness (QED) is 0.374. The molecule has 0 aromatic heterocycles. The van der Waals surface area contributed by atoms with E-state index in [1.807, 2.05) is 0 Å². The Morgan fingerprint density at radius 2 is 1.86 bits per heavy atom. The molecule has 3 atom stereocenters. The molecule has 2 heteroatoms. The zero-order valence-corrected chi connectivity index (χ0v) is 11.5. The van der Waals surface area contributed by atoms with Crippen molar-refractivity contribution in [1.29, 1.82) is 0 Å². The SMILES string of the molecule is [SiH3]CCCCCCC1CCC2OC2C1. The minimum absolute atomic E-state index is 0.690. The molecule has 2 aliphatic rings. The van der Waals surface area contributed by atoms with Crippen LogP contribution in [0, 0.1) is 5.92 Å². The predicted molar refractivity (Wildman–Crippen MR) is 63.8 cm³/mol. The van der Waals surface area contributed by atoms with Gasteiger partial charge in [-0.3, -0.25) is 0 Å². The van der Waals surface area contributed by atoms with Crippen LogP contribution in [-0.4, -0.2) is 22.5 Å². The predicted octanol–water partition coefficient (Wildman–Crippen LogP) is 2.29. The number of fused-ring (bicyclic) bond motifs is 1. The van der Waals surface area contributed by atoms with Crippen LogP contribution in [0.3, 0.4) is 0 Å². The zero-order chi connectivity index (χ0) is 9.80. The van der Waals surface area contributed by atoms with Crippen LogP contribution in [0.4, 0.5) is 0 Å². The highest BCUT2D eigenvalue weighted by molar-refractivity contribution is 6.08. The third-order valence-corrected chi connectivity index (χ3v) is 4.54. The molecule has 3 unspecified atom stereocenters. The standard InChI is InChI=1S/C12H24OSi/c14-8-4-2-1-3-5-10-6-7-11-12(9-10)13-11/h10-12H,1-9H2,14H3. The van der Waals surface area contributed by atoms with Gasteiger partial charge in [-0.1, -0.05) is 38.1 Å². The van der Waals surface area contributed by atoms with Crippen LogP contribution < -0.4 is 0 Å². The first kappa shape index (κ1) is 10.7. The topological polar surface area (TPSA) is 12.5 Å². The van der Waals surface area contributed by atoms with Crippen molar-refractivity contribution in [2.75, 3.05) is 0 Å². The fraction of sp³-hybridized carbons (Fsp3) is 1.00. The van der Waals surface area contributed by atoms with Gasteiger partial charge in [-0.05, 0) is 25.2 Å². The molecule has 1 aliphatic carbocycles. The molecule has 82 valence electrons. The van der Waals surface area contributed by atoms with E-state index in [9.17, 15) is 0 Å². The summed E-state index contributed by atoms with van der Waals surface area (Å²) in [5.74, 6) is 1.01. The molecule has 0 aromatic rings. The third kappa shape index (κ3) is 3.09. The molecule has 0 N–H and O–H groups in total. The van der Waals surface area contributed by atoms with Crippen LogP contribution in [0.5, 0.6) is 0 Å². The van der Waals surface area contributed by atoms with Crippen molar-refractivity contribution in [2.45, 2.75) is 69.6 Å². The number of rotatable bonds is 6. The molecule has 2 fully saturated rings. The van der Waals surface area contributed by atoms with Crippen molar-refractivity contribution in [3.8, 4) is 0 Å². The lowest BCUT2D eigenvalue weighted by atomic mass is 9.85. The van der Waals surface area contributed by atoms with Gasteiger partial charge < -0.3 is 4.74 Å². The molecule has 0 aromatic carbocycles. The number of epoxide rings is 1. The van der Waals surface area contributed by atoms with Crippen LogP contribution in [0.25, 0.3) is 0 Å². The van der Waals surface area contributed by atoms with Gasteiger partial charge in [0, 0.05) is 10.2 Å².